The van der Waals surface area contributed by atoms with Gasteiger partial charge in [0.2, 0.25) is 5.91 Å². The molecule has 2 bridgehead atoms. The third-order valence-electron chi connectivity index (χ3n) is 4.10. The minimum Gasteiger partial charge on any atom is -0.336 e. The Bertz CT molecular complexity index is 251. The molecule has 2 saturated heterocycles. The van der Waals surface area contributed by atoms with Gasteiger partial charge >= 0.3 is 0 Å². The quantitative estimate of drug-likeness (QED) is 0.662. The molecule has 2 heteroatoms. The molecule has 0 aromatic carbocycles. The molecule has 0 N–H and O–H groups in total. The first-order valence-electron chi connectivity index (χ1n) is 5.79. The van der Waals surface area contributed by atoms with Gasteiger partial charge in [-0.05, 0) is 24.7 Å². The third-order valence-corrected chi connectivity index (χ3v) is 4.10. The molecule has 80 valence electrons. The first kappa shape index (κ1) is 10.0. The second-order valence-electron chi connectivity index (χ2n) is 5.64. The molecule has 2 aliphatic heterocycles. The van der Waals surface area contributed by atoms with Crippen molar-refractivity contribution in [3.63, 3.8) is 0 Å². The van der Waals surface area contributed by atoms with Gasteiger partial charge in [-0.3, -0.25) is 4.79 Å². The fourth-order valence-electron chi connectivity index (χ4n) is 3.13. The summed E-state index contributed by atoms with van der Waals surface area (Å²) in [5.74, 6) is 1.94. The summed E-state index contributed by atoms with van der Waals surface area (Å²) in [6, 6.07) is 0. The molecular weight excluding hydrogens is 174 g/mol. The molecule has 1 saturated carbocycles. The number of nitrogens with zero attached hydrogens (tertiary/aromatic N) is 1. The van der Waals surface area contributed by atoms with Crippen LogP contribution in [0.15, 0.2) is 0 Å². The summed E-state index contributed by atoms with van der Waals surface area (Å²) in [5.41, 5.74) is 0.242. The lowest BCUT2D eigenvalue weighted by atomic mass is 9.67. The van der Waals surface area contributed by atoms with Crippen molar-refractivity contribution in [1.29, 1.82) is 0 Å². The maximum atomic E-state index is 12.0. The summed E-state index contributed by atoms with van der Waals surface area (Å²) in [6.07, 6.45) is 2.51. The van der Waals surface area contributed by atoms with Crippen molar-refractivity contribution < 1.29 is 4.79 Å². The third kappa shape index (κ3) is 1.12. The highest BCUT2D eigenvalue weighted by atomic mass is 16.2. The van der Waals surface area contributed by atoms with Gasteiger partial charge < -0.3 is 4.90 Å². The van der Waals surface area contributed by atoms with Gasteiger partial charge in [0.1, 0.15) is 0 Å². The van der Waals surface area contributed by atoms with E-state index in [1.165, 1.54) is 12.8 Å². The summed E-state index contributed by atoms with van der Waals surface area (Å²) in [5, 5.41) is 0. The first-order valence-corrected chi connectivity index (χ1v) is 5.79. The van der Waals surface area contributed by atoms with Crippen LogP contribution in [-0.4, -0.2) is 22.9 Å². The van der Waals surface area contributed by atoms with Gasteiger partial charge in [0.05, 0.1) is 0 Å². The highest BCUT2D eigenvalue weighted by molar-refractivity contribution is 5.80. The minimum atomic E-state index is 0.157. The number of amides is 1. The number of hydrogen-bond acceptors (Lipinski definition) is 1. The van der Waals surface area contributed by atoms with Crippen LogP contribution in [0.1, 0.15) is 40.5 Å². The molecule has 0 atom stereocenters. The maximum absolute atomic E-state index is 12.0. The van der Waals surface area contributed by atoms with E-state index in [1.54, 1.807) is 0 Å². The second-order valence-corrected chi connectivity index (χ2v) is 5.64. The smallest absolute Gasteiger partial charge is 0.225 e. The molecule has 0 unspecified atom stereocenters. The van der Waals surface area contributed by atoms with E-state index in [1.807, 2.05) is 13.8 Å². The van der Waals surface area contributed by atoms with Gasteiger partial charge in [-0.1, -0.05) is 27.7 Å². The number of hydrogen-bond donors (Lipinski definition) is 0. The van der Waals surface area contributed by atoms with E-state index in [4.69, 9.17) is 0 Å². The molecule has 1 aliphatic carbocycles. The van der Waals surface area contributed by atoms with Crippen LogP contribution < -0.4 is 0 Å². The monoisotopic (exact) mass is 195 g/mol. The summed E-state index contributed by atoms with van der Waals surface area (Å²) in [4.78, 5) is 14.2. The van der Waals surface area contributed by atoms with Crippen LogP contribution >= 0.6 is 0 Å². The molecule has 2 nitrogen and oxygen atoms in total. The fourth-order valence-corrected chi connectivity index (χ4v) is 3.13. The summed E-state index contributed by atoms with van der Waals surface area (Å²) < 4.78 is 0. The van der Waals surface area contributed by atoms with Gasteiger partial charge in [-0.2, -0.15) is 0 Å². The van der Waals surface area contributed by atoms with Crippen LogP contribution in [0.5, 0.6) is 0 Å². The molecule has 0 spiro atoms. The Hall–Kier alpha value is -0.530. The lowest BCUT2D eigenvalue weighted by molar-refractivity contribution is -0.140. The maximum Gasteiger partial charge on any atom is 0.225 e. The molecule has 2 heterocycles. The van der Waals surface area contributed by atoms with Crippen molar-refractivity contribution in [3.8, 4) is 0 Å². The SMILES string of the molecule is CC(C)C(=O)N1CC2CC1(C(C)C)C2. The largest absolute Gasteiger partial charge is 0.336 e. The summed E-state index contributed by atoms with van der Waals surface area (Å²) >= 11 is 0. The molecule has 1 amide bonds. The second kappa shape index (κ2) is 2.98. The zero-order valence-electron chi connectivity index (χ0n) is 9.71. The topological polar surface area (TPSA) is 20.3 Å². The van der Waals surface area contributed by atoms with Crippen molar-refractivity contribution in [3.05, 3.63) is 0 Å². The Morgan fingerprint density at radius 3 is 2.29 bits per heavy atom. The van der Waals surface area contributed by atoms with Crippen molar-refractivity contribution in [2.75, 3.05) is 6.54 Å². The van der Waals surface area contributed by atoms with Gasteiger partial charge in [0.15, 0.2) is 0 Å². The molecule has 0 radical (unpaired) electrons. The number of fused-ring (bicyclic) bond motifs is 1. The van der Waals surface area contributed by atoms with Crippen molar-refractivity contribution in [2.24, 2.45) is 17.8 Å². The van der Waals surface area contributed by atoms with E-state index in [9.17, 15) is 4.79 Å². The Balaban J connectivity index is 2.17. The zero-order valence-corrected chi connectivity index (χ0v) is 9.71. The fraction of sp³-hybridized carbons (Fsp3) is 0.917. The van der Waals surface area contributed by atoms with Crippen LogP contribution in [-0.2, 0) is 4.79 Å². The summed E-state index contributed by atoms with van der Waals surface area (Å²) in [7, 11) is 0. The van der Waals surface area contributed by atoms with Crippen LogP contribution in [0.2, 0.25) is 0 Å². The van der Waals surface area contributed by atoms with Gasteiger partial charge in [0, 0.05) is 18.0 Å². The lowest BCUT2D eigenvalue weighted by Gasteiger charge is -2.46. The standard InChI is InChI=1S/C12H21NO/c1-8(2)11(14)13-7-10-5-12(13,6-10)9(3)4/h8-10H,5-7H2,1-4H3. The molecule has 14 heavy (non-hydrogen) atoms. The molecule has 3 rings (SSSR count). The highest BCUT2D eigenvalue weighted by Gasteiger charge is 2.59. The molecule has 3 fully saturated rings. The van der Waals surface area contributed by atoms with E-state index in [0.717, 1.165) is 12.5 Å². The van der Waals surface area contributed by atoms with Crippen molar-refractivity contribution >= 4 is 5.91 Å². The van der Waals surface area contributed by atoms with Crippen molar-refractivity contribution in [1.82, 2.24) is 4.90 Å². The van der Waals surface area contributed by atoms with Crippen LogP contribution in [0.3, 0.4) is 0 Å². The lowest BCUT2D eigenvalue weighted by Crippen LogP contribution is -2.53. The molecular formula is C12H21NO. The normalized spacial score (nSPS) is 35.3. The Labute approximate surface area is 86.7 Å². The Morgan fingerprint density at radius 2 is 1.86 bits per heavy atom. The van der Waals surface area contributed by atoms with Crippen LogP contribution in [0.25, 0.3) is 0 Å². The van der Waals surface area contributed by atoms with Crippen LogP contribution in [0, 0.1) is 17.8 Å². The van der Waals surface area contributed by atoms with Crippen LogP contribution in [0.4, 0.5) is 0 Å². The highest BCUT2D eigenvalue weighted by Crippen LogP contribution is 2.54. The predicted molar refractivity (Wildman–Crippen MR) is 56.8 cm³/mol. The number of carbonyl (C=O) groups excluding carboxylic acids is 1. The average Bonchev–Trinajstić information content (AvgIpc) is 2.54. The van der Waals surface area contributed by atoms with E-state index in [-0.39, 0.29) is 11.5 Å². The molecule has 3 aliphatic rings. The van der Waals surface area contributed by atoms with E-state index in [0.29, 0.717) is 11.8 Å². The first-order chi connectivity index (χ1) is 6.47. The Kier molecular flexibility index (Phi) is 2.13. The average molecular weight is 195 g/mol. The zero-order chi connectivity index (χ0) is 10.5. The molecule has 0 aromatic rings. The van der Waals surface area contributed by atoms with Gasteiger partial charge in [-0.15, -0.1) is 0 Å². The van der Waals surface area contributed by atoms with Gasteiger partial charge in [0.25, 0.3) is 0 Å². The van der Waals surface area contributed by atoms with Crippen molar-refractivity contribution in [2.45, 2.75) is 46.1 Å². The summed E-state index contributed by atoms with van der Waals surface area (Å²) in [6.45, 7) is 9.54. The number of rotatable bonds is 2. The minimum absolute atomic E-state index is 0.157. The van der Waals surface area contributed by atoms with E-state index >= 15 is 0 Å². The Morgan fingerprint density at radius 1 is 1.29 bits per heavy atom. The predicted octanol–water partition coefficient (Wildman–Crippen LogP) is 2.29. The van der Waals surface area contributed by atoms with Gasteiger partial charge in [-0.25, -0.2) is 0 Å². The van der Waals surface area contributed by atoms with E-state index < -0.39 is 0 Å². The number of carbonyl (C=O) groups is 1. The van der Waals surface area contributed by atoms with E-state index in [2.05, 4.69) is 18.7 Å². The molecule has 0 aromatic heterocycles.